The minimum atomic E-state index is -0.895. The molecule has 5 heteroatoms. The first-order chi connectivity index (χ1) is 15.3. The second-order valence-corrected chi connectivity index (χ2v) is 9.56. The van der Waals surface area contributed by atoms with E-state index < -0.39 is 5.60 Å². The van der Waals surface area contributed by atoms with Crippen molar-refractivity contribution in [3.05, 3.63) is 99.5 Å². The summed E-state index contributed by atoms with van der Waals surface area (Å²) in [4.78, 5) is 13.4. The Labute approximate surface area is 199 Å². The van der Waals surface area contributed by atoms with Crippen molar-refractivity contribution in [2.45, 2.75) is 50.7 Å². The Morgan fingerprint density at radius 2 is 1.62 bits per heavy atom. The predicted molar refractivity (Wildman–Crippen MR) is 131 cm³/mol. The lowest BCUT2D eigenvalue weighted by atomic mass is 9.85. The van der Waals surface area contributed by atoms with Crippen molar-refractivity contribution in [1.82, 2.24) is 5.32 Å². The van der Waals surface area contributed by atoms with E-state index in [4.69, 9.17) is 27.9 Å². The molecule has 0 bridgehead atoms. The first kappa shape index (κ1) is 22.7. The van der Waals surface area contributed by atoms with Crippen molar-refractivity contribution in [3.8, 4) is 5.75 Å². The molecule has 3 unspecified atom stereocenters. The molecule has 3 aromatic rings. The molecule has 0 aliphatic carbocycles. The lowest BCUT2D eigenvalue weighted by Gasteiger charge is -2.36. The molecular weight excluding hydrogens is 441 g/mol. The van der Waals surface area contributed by atoms with Gasteiger partial charge in [-0.15, -0.1) is 0 Å². The Kier molecular flexibility index (Phi) is 6.78. The van der Waals surface area contributed by atoms with Gasteiger partial charge in [-0.25, -0.2) is 0 Å². The maximum absolute atomic E-state index is 13.4. The highest BCUT2D eigenvalue weighted by atomic mass is 35.5. The van der Waals surface area contributed by atoms with Crippen molar-refractivity contribution in [1.29, 1.82) is 0 Å². The fraction of sp³-hybridized carbons (Fsp3) is 0.296. The van der Waals surface area contributed by atoms with Gasteiger partial charge < -0.3 is 10.1 Å². The average molecular weight is 468 g/mol. The van der Waals surface area contributed by atoms with Crippen LogP contribution in [-0.4, -0.2) is 17.6 Å². The summed E-state index contributed by atoms with van der Waals surface area (Å²) in [5.74, 6) is 0.769. The van der Waals surface area contributed by atoms with Gasteiger partial charge in [0.1, 0.15) is 5.75 Å². The van der Waals surface area contributed by atoms with Gasteiger partial charge in [0.2, 0.25) is 0 Å². The molecular formula is C27H27Cl2NO2. The third-order valence-electron chi connectivity index (χ3n) is 6.29. The van der Waals surface area contributed by atoms with Crippen LogP contribution in [0.3, 0.4) is 0 Å². The molecule has 0 aromatic heterocycles. The van der Waals surface area contributed by atoms with E-state index in [1.165, 1.54) is 0 Å². The molecule has 0 radical (unpaired) electrons. The second kappa shape index (κ2) is 9.56. The van der Waals surface area contributed by atoms with Crippen molar-refractivity contribution in [2.75, 3.05) is 0 Å². The topological polar surface area (TPSA) is 38.3 Å². The molecule has 32 heavy (non-hydrogen) atoms. The fourth-order valence-electron chi connectivity index (χ4n) is 4.26. The van der Waals surface area contributed by atoms with Crippen LogP contribution in [0, 0.1) is 0 Å². The van der Waals surface area contributed by atoms with Gasteiger partial charge in [0, 0.05) is 28.4 Å². The van der Waals surface area contributed by atoms with Crippen LogP contribution in [0.25, 0.3) is 0 Å². The van der Waals surface area contributed by atoms with E-state index in [0.717, 1.165) is 35.3 Å². The number of ether oxygens (including phenoxy) is 1. The van der Waals surface area contributed by atoms with Crippen LogP contribution in [0.4, 0.5) is 0 Å². The van der Waals surface area contributed by atoms with Crippen molar-refractivity contribution >= 4 is 29.1 Å². The third kappa shape index (κ3) is 5.11. The van der Waals surface area contributed by atoms with Gasteiger partial charge in [-0.3, -0.25) is 4.79 Å². The Morgan fingerprint density at radius 3 is 2.31 bits per heavy atom. The molecule has 3 nitrogen and oxygen atoms in total. The molecule has 0 saturated carbocycles. The number of nitrogens with one attached hydrogen (secondary N) is 1. The molecule has 3 aromatic carbocycles. The summed E-state index contributed by atoms with van der Waals surface area (Å²) in [5, 5.41) is 4.64. The number of fused-ring (bicyclic) bond motifs is 1. The van der Waals surface area contributed by atoms with E-state index in [1.54, 1.807) is 0 Å². The van der Waals surface area contributed by atoms with E-state index in [9.17, 15) is 4.79 Å². The standard InChI is InChI=1S/C27H27Cl2NO2/c1-18(30-26(31)27(2)16-15-21-5-3-4-6-25(21)32-27)24(20-9-13-23(29)14-10-20)17-19-7-11-22(28)12-8-19/h3-14,18,24H,15-17H2,1-2H3,(H,30,31). The van der Waals surface area contributed by atoms with E-state index in [0.29, 0.717) is 16.5 Å². The molecule has 0 saturated heterocycles. The molecule has 3 atom stereocenters. The zero-order valence-electron chi connectivity index (χ0n) is 18.3. The van der Waals surface area contributed by atoms with Crippen LogP contribution < -0.4 is 10.1 Å². The first-order valence-corrected chi connectivity index (χ1v) is 11.7. The molecule has 1 aliphatic heterocycles. The number of rotatable bonds is 6. The summed E-state index contributed by atoms with van der Waals surface area (Å²) in [6.45, 7) is 3.93. The second-order valence-electron chi connectivity index (χ2n) is 8.69. The highest BCUT2D eigenvalue weighted by Crippen LogP contribution is 2.34. The van der Waals surface area contributed by atoms with Crippen LogP contribution >= 0.6 is 23.2 Å². The van der Waals surface area contributed by atoms with Crippen LogP contribution in [0.2, 0.25) is 10.0 Å². The number of aryl methyl sites for hydroxylation is 1. The third-order valence-corrected chi connectivity index (χ3v) is 6.79. The van der Waals surface area contributed by atoms with Gasteiger partial charge in [-0.05, 0) is 73.7 Å². The number of hydrogen-bond acceptors (Lipinski definition) is 2. The zero-order chi connectivity index (χ0) is 22.7. The summed E-state index contributed by atoms with van der Waals surface area (Å²) >= 11 is 12.2. The maximum Gasteiger partial charge on any atom is 0.264 e. The van der Waals surface area contributed by atoms with Gasteiger partial charge >= 0.3 is 0 Å². The number of benzene rings is 3. The Hall–Kier alpha value is -2.49. The molecule has 0 fully saturated rings. The molecule has 1 amide bonds. The van der Waals surface area contributed by atoms with Crippen LogP contribution in [0.1, 0.15) is 42.9 Å². The average Bonchev–Trinajstić information content (AvgIpc) is 2.79. The quantitative estimate of drug-likeness (QED) is 0.442. The van der Waals surface area contributed by atoms with E-state index in [2.05, 4.69) is 11.4 Å². The normalized spacial score (nSPS) is 19.4. The summed E-state index contributed by atoms with van der Waals surface area (Å²) in [6.07, 6.45) is 2.23. The summed E-state index contributed by atoms with van der Waals surface area (Å²) in [7, 11) is 0. The number of para-hydroxylation sites is 1. The zero-order valence-corrected chi connectivity index (χ0v) is 19.8. The van der Waals surface area contributed by atoms with Crippen molar-refractivity contribution < 1.29 is 9.53 Å². The maximum atomic E-state index is 13.4. The Morgan fingerprint density at radius 1 is 1.00 bits per heavy atom. The number of carbonyl (C=O) groups is 1. The summed E-state index contributed by atoms with van der Waals surface area (Å²) in [6, 6.07) is 23.5. The van der Waals surface area contributed by atoms with Gasteiger partial charge in [0.25, 0.3) is 5.91 Å². The largest absolute Gasteiger partial charge is 0.477 e. The van der Waals surface area contributed by atoms with Crippen LogP contribution in [0.15, 0.2) is 72.8 Å². The fourth-order valence-corrected chi connectivity index (χ4v) is 4.52. The van der Waals surface area contributed by atoms with Crippen LogP contribution in [-0.2, 0) is 17.6 Å². The molecule has 0 spiro atoms. The molecule has 1 N–H and O–H groups in total. The van der Waals surface area contributed by atoms with Gasteiger partial charge in [-0.1, -0.05) is 65.7 Å². The first-order valence-electron chi connectivity index (χ1n) is 10.9. The van der Waals surface area contributed by atoms with Crippen molar-refractivity contribution in [3.63, 3.8) is 0 Å². The lowest BCUT2D eigenvalue weighted by molar-refractivity contribution is -0.137. The Bertz CT molecular complexity index is 1080. The number of hydrogen-bond donors (Lipinski definition) is 1. The van der Waals surface area contributed by atoms with Gasteiger partial charge in [0.05, 0.1) is 0 Å². The summed E-state index contributed by atoms with van der Waals surface area (Å²) in [5.41, 5.74) is 2.53. The number of amides is 1. The number of carbonyl (C=O) groups excluding carboxylic acids is 1. The predicted octanol–water partition coefficient (Wildman–Crippen LogP) is 6.61. The molecule has 4 rings (SSSR count). The van der Waals surface area contributed by atoms with E-state index in [-0.39, 0.29) is 17.9 Å². The minimum Gasteiger partial charge on any atom is -0.477 e. The van der Waals surface area contributed by atoms with Crippen LogP contribution in [0.5, 0.6) is 5.75 Å². The van der Waals surface area contributed by atoms with E-state index in [1.807, 2.05) is 80.6 Å². The molecule has 1 heterocycles. The minimum absolute atomic E-state index is 0.0665. The summed E-state index contributed by atoms with van der Waals surface area (Å²) < 4.78 is 6.17. The highest BCUT2D eigenvalue weighted by molar-refractivity contribution is 6.30. The molecule has 1 aliphatic rings. The van der Waals surface area contributed by atoms with Crippen molar-refractivity contribution in [2.24, 2.45) is 0 Å². The van der Waals surface area contributed by atoms with E-state index >= 15 is 0 Å². The van der Waals surface area contributed by atoms with Gasteiger partial charge in [-0.2, -0.15) is 0 Å². The Balaban J connectivity index is 1.54. The lowest BCUT2D eigenvalue weighted by Crippen LogP contribution is -2.54. The number of halogens is 2. The SMILES string of the molecule is CC(NC(=O)C1(C)CCc2ccccc2O1)C(Cc1ccc(Cl)cc1)c1ccc(Cl)cc1. The monoisotopic (exact) mass is 467 g/mol. The smallest absolute Gasteiger partial charge is 0.264 e. The highest BCUT2D eigenvalue weighted by Gasteiger charge is 2.40. The van der Waals surface area contributed by atoms with Gasteiger partial charge in [0.15, 0.2) is 5.60 Å². The molecule has 166 valence electrons.